The van der Waals surface area contributed by atoms with E-state index in [2.05, 4.69) is 10.3 Å². The Bertz CT molecular complexity index is 383. The number of nitrogens with one attached hydrogen (secondary N) is 1. The zero-order valence-corrected chi connectivity index (χ0v) is 10.0. The lowest BCUT2D eigenvalue weighted by atomic mass is 10.3. The SMILES string of the molecule is CC(C)Oc1cccnc1NCC(O)C(F)(F)F. The van der Waals surface area contributed by atoms with E-state index < -0.39 is 18.8 Å². The molecule has 102 valence electrons. The van der Waals surface area contributed by atoms with E-state index in [1.54, 1.807) is 26.0 Å². The van der Waals surface area contributed by atoms with E-state index in [4.69, 9.17) is 9.84 Å². The Morgan fingerprint density at radius 2 is 2.11 bits per heavy atom. The van der Waals surface area contributed by atoms with Crippen LogP contribution in [0.15, 0.2) is 18.3 Å². The molecule has 0 fully saturated rings. The standard InChI is InChI=1S/C11H15F3N2O2/c1-7(2)18-8-4-3-5-15-10(8)16-6-9(17)11(12,13)14/h3-5,7,9,17H,6H2,1-2H3,(H,15,16). The predicted molar refractivity (Wildman–Crippen MR) is 60.6 cm³/mol. The van der Waals surface area contributed by atoms with Gasteiger partial charge in [0, 0.05) is 6.20 Å². The fourth-order valence-electron chi connectivity index (χ4n) is 1.18. The van der Waals surface area contributed by atoms with Crippen molar-refractivity contribution in [1.82, 2.24) is 4.98 Å². The molecule has 7 heteroatoms. The van der Waals surface area contributed by atoms with Crippen LogP contribution in [0.1, 0.15) is 13.8 Å². The molecule has 0 aliphatic rings. The molecule has 0 aliphatic heterocycles. The second kappa shape index (κ2) is 5.90. The number of aliphatic hydroxyl groups is 1. The summed E-state index contributed by atoms with van der Waals surface area (Å²) in [6.45, 7) is 2.91. The lowest BCUT2D eigenvalue weighted by Gasteiger charge is -2.17. The molecule has 0 aliphatic carbocycles. The highest BCUT2D eigenvalue weighted by molar-refractivity contribution is 5.49. The number of aromatic nitrogens is 1. The summed E-state index contributed by atoms with van der Waals surface area (Å²) in [5.74, 6) is 0.524. The van der Waals surface area contributed by atoms with Gasteiger partial charge in [0.2, 0.25) is 0 Å². The maximum Gasteiger partial charge on any atom is 0.416 e. The molecule has 1 aromatic rings. The van der Waals surface area contributed by atoms with Crippen molar-refractivity contribution in [3.8, 4) is 5.75 Å². The molecule has 1 rings (SSSR count). The van der Waals surface area contributed by atoms with Gasteiger partial charge in [0.25, 0.3) is 0 Å². The fourth-order valence-corrected chi connectivity index (χ4v) is 1.18. The van der Waals surface area contributed by atoms with Crippen LogP contribution in [0.2, 0.25) is 0 Å². The van der Waals surface area contributed by atoms with Crippen LogP contribution in [0.25, 0.3) is 0 Å². The Labute approximate surface area is 103 Å². The Hall–Kier alpha value is -1.50. The lowest BCUT2D eigenvalue weighted by molar-refractivity contribution is -0.198. The molecule has 0 aromatic carbocycles. The van der Waals surface area contributed by atoms with Gasteiger partial charge in [-0.15, -0.1) is 0 Å². The average Bonchev–Trinajstić information content (AvgIpc) is 2.25. The van der Waals surface area contributed by atoms with Crippen molar-refractivity contribution in [2.24, 2.45) is 0 Å². The van der Waals surface area contributed by atoms with Gasteiger partial charge in [-0.05, 0) is 26.0 Å². The van der Waals surface area contributed by atoms with Crippen molar-refractivity contribution >= 4 is 5.82 Å². The molecule has 4 nitrogen and oxygen atoms in total. The summed E-state index contributed by atoms with van der Waals surface area (Å²) >= 11 is 0. The van der Waals surface area contributed by atoms with Crippen molar-refractivity contribution in [2.75, 3.05) is 11.9 Å². The van der Waals surface area contributed by atoms with Crippen LogP contribution in [0.4, 0.5) is 19.0 Å². The molecule has 0 radical (unpaired) electrons. The number of nitrogens with zero attached hydrogens (tertiary/aromatic N) is 1. The van der Waals surface area contributed by atoms with Gasteiger partial charge in [-0.25, -0.2) is 4.98 Å². The minimum atomic E-state index is -4.65. The maximum absolute atomic E-state index is 12.1. The van der Waals surface area contributed by atoms with Crippen molar-refractivity contribution < 1.29 is 23.0 Å². The van der Waals surface area contributed by atoms with Crippen LogP contribution >= 0.6 is 0 Å². The third-order valence-electron chi connectivity index (χ3n) is 1.97. The van der Waals surface area contributed by atoms with Crippen LogP contribution in [-0.2, 0) is 0 Å². The summed E-state index contributed by atoms with van der Waals surface area (Å²) in [5.41, 5.74) is 0. The number of halogens is 3. The lowest BCUT2D eigenvalue weighted by Crippen LogP contribution is -2.35. The zero-order valence-electron chi connectivity index (χ0n) is 10.0. The van der Waals surface area contributed by atoms with Crippen LogP contribution < -0.4 is 10.1 Å². The molecule has 0 amide bonds. The summed E-state index contributed by atoms with van der Waals surface area (Å²) in [5, 5.41) is 11.3. The van der Waals surface area contributed by atoms with Gasteiger partial charge < -0.3 is 15.2 Å². The first-order valence-electron chi connectivity index (χ1n) is 5.41. The van der Waals surface area contributed by atoms with Gasteiger partial charge in [0.15, 0.2) is 17.7 Å². The Morgan fingerprint density at radius 1 is 1.44 bits per heavy atom. The number of ether oxygens (including phenoxy) is 1. The Morgan fingerprint density at radius 3 is 2.67 bits per heavy atom. The normalized spacial score (nSPS) is 13.5. The van der Waals surface area contributed by atoms with Crippen LogP contribution in [0.5, 0.6) is 5.75 Å². The van der Waals surface area contributed by atoms with Gasteiger partial charge in [0.05, 0.1) is 12.6 Å². The first-order valence-corrected chi connectivity index (χ1v) is 5.41. The smallest absolute Gasteiger partial charge is 0.416 e. The molecule has 0 bridgehead atoms. The predicted octanol–water partition coefficient (Wildman–Crippen LogP) is 2.20. The number of alkyl halides is 3. The van der Waals surface area contributed by atoms with Crippen LogP contribution in [-0.4, -0.2) is 35.0 Å². The molecular weight excluding hydrogens is 249 g/mol. The van der Waals surface area contributed by atoms with E-state index in [1.165, 1.54) is 6.20 Å². The van der Waals surface area contributed by atoms with E-state index in [0.29, 0.717) is 5.75 Å². The van der Waals surface area contributed by atoms with Gasteiger partial charge in [0.1, 0.15) is 0 Å². The maximum atomic E-state index is 12.1. The van der Waals surface area contributed by atoms with Crippen molar-refractivity contribution in [2.45, 2.75) is 32.2 Å². The van der Waals surface area contributed by atoms with Crippen molar-refractivity contribution in [3.63, 3.8) is 0 Å². The molecule has 0 saturated heterocycles. The fraction of sp³-hybridized carbons (Fsp3) is 0.545. The topological polar surface area (TPSA) is 54.4 Å². The van der Waals surface area contributed by atoms with Crippen LogP contribution in [0.3, 0.4) is 0 Å². The summed E-state index contributed by atoms with van der Waals surface area (Å²) in [4.78, 5) is 3.87. The summed E-state index contributed by atoms with van der Waals surface area (Å²) in [6, 6.07) is 3.21. The second-order valence-electron chi connectivity index (χ2n) is 3.96. The summed E-state index contributed by atoms with van der Waals surface area (Å²) in [7, 11) is 0. The van der Waals surface area contributed by atoms with E-state index in [1.807, 2.05) is 0 Å². The summed E-state index contributed by atoms with van der Waals surface area (Å²) in [6.07, 6.45) is -5.79. The largest absolute Gasteiger partial charge is 0.487 e. The highest BCUT2D eigenvalue weighted by Crippen LogP contribution is 2.24. The number of hydrogen-bond acceptors (Lipinski definition) is 4. The quantitative estimate of drug-likeness (QED) is 0.856. The van der Waals surface area contributed by atoms with Crippen LogP contribution in [0, 0.1) is 0 Å². The first-order chi connectivity index (χ1) is 8.30. The zero-order chi connectivity index (χ0) is 13.8. The number of anilines is 1. The average molecular weight is 264 g/mol. The van der Waals surface area contributed by atoms with E-state index >= 15 is 0 Å². The third-order valence-corrected chi connectivity index (χ3v) is 1.97. The molecule has 1 atom stereocenters. The highest BCUT2D eigenvalue weighted by Gasteiger charge is 2.38. The molecule has 2 N–H and O–H groups in total. The number of hydrogen-bond donors (Lipinski definition) is 2. The number of aliphatic hydroxyl groups excluding tert-OH is 1. The van der Waals surface area contributed by atoms with Crippen molar-refractivity contribution in [1.29, 1.82) is 0 Å². The van der Waals surface area contributed by atoms with E-state index in [0.717, 1.165) is 0 Å². The van der Waals surface area contributed by atoms with Gasteiger partial charge in [-0.2, -0.15) is 13.2 Å². The summed E-state index contributed by atoms with van der Waals surface area (Å²) < 4.78 is 41.7. The minimum Gasteiger partial charge on any atom is -0.487 e. The first kappa shape index (κ1) is 14.6. The molecule has 1 heterocycles. The monoisotopic (exact) mass is 264 g/mol. The van der Waals surface area contributed by atoms with Gasteiger partial charge >= 0.3 is 6.18 Å². The molecular formula is C11H15F3N2O2. The number of rotatable bonds is 5. The van der Waals surface area contributed by atoms with Gasteiger partial charge in [-0.3, -0.25) is 0 Å². The molecule has 18 heavy (non-hydrogen) atoms. The molecule has 1 unspecified atom stereocenters. The second-order valence-corrected chi connectivity index (χ2v) is 3.96. The van der Waals surface area contributed by atoms with E-state index in [-0.39, 0.29) is 11.9 Å². The number of pyridine rings is 1. The third kappa shape index (κ3) is 4.40. The van der Waals surface area contributed by atoms with Gasteiger partial charge in [-0.1, -0.05) is 0 Å². The Balaban J connectivity index is 2.67. The van der Waals surface area contributed by atoms with Crippen molar-refractivity contribution in [3.05, 3.63) is 18.3 Å². The minimum absolute atomic E-state index is 0.123. The molecule has 1 aromatic heterocycles. The highest BCUT2D eigenvalue weighted by atomic mass is 19.4. The van der Waals surface area contributed by atoms with E-state index in [9.17, 15) is 13.2 Å². The molecule has 0 spiro atoms. The Kier molecular flexibility index (Phi) is 4.77. The molecule has 0 saturated carbocycles.